The lowest BCUT2D eigenvalue weighted by Gasteiger charge is -2.05. The second-order valence-electron chi connectivity index (χ2n) is 3.15. The average Bonchev–Trinajstić information content (AvgIpc) is 2.27. The molecule has 0 aromatic heterocycles. The maximum atomic E-state index is 11.6. The molecule has 0 aliphatic carbocycles. The largest absolute Gasteiger partial charge is 0.449 e. The zero-order valence-corrected chi connectivity index (χ0v) is 11.0. The Balaban J connectivity index is 0. The van der Waals surface area contributed by atoms with Crippen molar-refractivity contribution >= 4 is 31.7 Å². The van der Waals surface area contributed by atoms with Gasteiger partial charge in [0, 0.05) is 12.3 Å². The minimum atomic E-state index is -3.54. The first kappa shape index (κ1) is 19.5. The van der Waals surface area contributed by atoms with E-state index in [4.69, 9.17) is 0 Å². The van der Waals surface area contributed by atoms with Crippen LogP contribution in [0.4, 0.5) is 0 Å². The molecule has 18 heavy (non-hydrogen) atoms. The van der Waals surface area contributed by atoms with Crippen LogP contribution in [0, 0.1) is 0 Å². The summed E-state index contributed by atoms with van der Waals surface area (Å²) < 4.78 is 27.8. The van der Waals surface area contributed by atoms with E-state index in [1.807, 2.05) is 0 Å². The third-order valence-electron chi connectivity index (χ3n) is 1.85. The number of hydrogen-bond donors (Lipinski definition) is 0. The monoisotopic (exact) mass is 338 g/mol. The van der Waals surface area contributed by atoms with Crippen molar-refractivity contribution in [2.24, 2.45) is 0 Å². The Bertz CT molecular complexity index is 465. The van der Waals surface area contributed by atoms with Gasteiger partial charge in [0.2, 0.25) is 9.84 Å². The number of hydrogen-bond acceptors (Lipinski definition) is 4. The van der Waals surface area contributed by atoms with Crippen LogP contribution in [0.25, 0.3) is 0 Å². The van der Waals surface area contributed by atoms with Gasteiger partial charge in [-0.2, -0.15) is 0 Å². The smallest absolute Gasteiger partial charge is 0.303 e. The molecule has 0 saturated carbocycles. The van der Waals surface area contributed by atoms with Crippen LogP contribution in [0.5, 0.6) is 0 Å². The SMILES string of the molecule is C.C.CC(=O)OCS(=O)(=O)c1ccc(CBr)cc1. The fourth-order valence-corrected chi connectivity index (χ4v) is 2.40. The molecule has 0 aliphatic rings. The van der Waals surface area contributed by atoms with Gasteiger partial charge < -0.3 is 4.74 Å². The molecule has 0 amide bonds. The van der Waals surface area contributed by atoms with Crippen LogP contribution in [-0.2, 0) is 24.7 Å². The number of benzene rings is 1. The number of ether oxygens (including phenoxy) is 1. The van der Waals surface area contributed by atoms with Crippen LogP contribution in [0.15, 0.2) is 29.2 Å². The molecule has 0 fully saturated rings. The summed E-state index contributed by atoms with van der Waals surface area (Å²) in [6, 6.07) is 6.40. The van der Waals surface area contributed by atoms with Gasteiger partial charge >= 0.3 is 5.97 Å². The van der Waals surface area contributed by atoms with Gasteiger partial charge in [-0.15, -0.1) is 0 Å². The first-order chi connectivity index (χ1) is 7.45. The minimum Gasteiger partial charge on any atom is -0.449 e. The van der Waals surface area contributed by atoms with Crippen LogP contribution in [0.2, 0.25) is 0 Å². The molecule has 0 atom stereocenters. The van der Waals surface area contributed by atoms with E-state index >= 15 is 0 Å². The quantitative estimate of drug-likeness (QED) is 0.625. The molecule has 1 rings (SSSR count). The number of halogens is 1. The molecule has 0 heterocycles. The van der Waals surface area contributed by atoms with Gasteiger partial charge in [-0.3, -0.25) is 4.79 Å². The lowest BCUT2D eigenvalue weighted by Crippen LogP contribution is -2.12. The number of carbonyl (C=O) groups is 1. The van der Waals surface area contributed by atoms with E-state index in [1.54, 1.807) is 12.1 Å². The highest BCUT2D eigenvalue weighted by Gasteiger charge is 2.15. The second kappa shape index (κ2) is 8.26. The number of rotatable bonds is 4. The zero-order valence-electron chi connectivity index (χ0n) is 8.64. The van der Waals surface area contributed by atoms with Gasteiger partial charge in [-0.25, -0.2) is 8.42 Å². The number of carbonyl (C=O) groups excluding carboxylic acids is 1. The molecule has 0 aliphatic heterocycles. The first-order valence-electron chi connectivity index (χ1n) is 4.47. The highest BCUT2D eigenvalue weighted by atomic mass is 79.9. The van der Waals surface area contributed by atoms with Crippen LogP contribution in [0.1, 0.15) is 27.3 Å². The lowest BCUT2D eigenvalue weighted by molar-refractivity contribution is -0.138. The van der Waals surface area contributed by atoms with Crippen molar-refractivity contribution in [3.63, 3.8) is 0 Å². The third kappa shape index (κ3) is 5.64. The molecular formula is C12H19BrO4S. The summed E-state index contributed by atoms with van der Waals surface area (Å²) in [6.45, 7) is 1.17. The Morgan fingerprint density at radius 2 is 1.72 bits per heavy atom. The minimum absolute atomic E-state index is 0. The van der Waals surface area contributed by atoms with Crippen molar-refractivity contribution in [1.82, 2.24) is 0 Å². The van der Waals surface area contributed by atoms with Crippen LogP contribution >= 0.6 is 15.9 Å². The van der Waals surface area contributed by atoms with Crippen molar-refractivity contribution in [1.29, 1.82) is 0 Å². The van der Waals surface area contributed by atoms with Crippen LogP contribution in [0.3, 0.4) is 0 Å². The highest BCUT2D eigenvalue weighted by molar-refractivity contribution is 9.08. The zero-order chi connectivity index (χ0) is 12.2. The average molecular weight is 339 g/mol. The summed E-state index contributed by atoms with van der Waals surface area (Å²) in [5.74, 6) is -1.23. The Morgan fingerprint density at radius 3 is 2.11 bits per heavy atom. The maximum Gasteiger partial charge on any atom is 0.303 e. The summed E-state index contributed by atoms with van der Waals surface area (Å²) in [5, 5.41) is 0.664. The van der Waals surface area contributed by atoms with Gasteiger partial charge in [0.25, 0.3) is 0 Å². The van der Waals surface area contributed by atoms with E-state index in [-0.39, 0.29) is 19.7 Å². The molecule has 1 aromatic rings. The van der Waals surface area contributed by atoms with Crippen molar-refractivity contribution in [2.45, 2.75) is 32.0 Å². The molecule has 0 radical (unpaired) electrons. The summed E-state index contributed by atoms with van der Waals surface area (Å²) in [4.78, 5) is 10.7. The Hall–Kier alpha value is -0.880. The van der Waals surface area contributed by atoms with Crippen molar-refractivity contribution in [3.05, 3.63) is 29.8 Å². The van der Waals surface area contributed by atoms with Crippen molar-refractivity contribution < 1.29 is 17.9 Å². The highest BCUT2D eigenvalue weighted by Crippen LogP contribution is 2.14. The molecule has 4 nitrogen and oxygen atoms in total. The molecule has 6 heteroatoms. The van der Waals surface area contributed by atoms with Crippen LogP contribution < -0.4 is 0 Å². The van der Waals surface area contributed by atoms with E-state index in [2.05, 4.69) is 20.7 Å². The summed E-state index contributed by atoms with van der Waals surface area (Å²) in [6.07, 6.45) is 0. The lowest BCUT2D eigenvalue weighted by atomic mass is 10.2. The predicted molar refractivity (Wildman–Crippen MR) is 76.4 cm³/mol. The summed E-state index contributed by atoms with van der Waals surface area (Å²) in [5.41, 5.74) is 0.978. The van der Waals surface area contributed by atoms with E-state index in [9.17, 15) is 13.2 Å². The fourth-order valence-electron chi connectivity index (χ4n) is 1.01. The molecule has 1 aromatic carbocycles. The van der Waals surface area contributed by atoms with E-state index < -0.39 is 21.7 Å². The number of sulfone groups is 1. The predicted octanol–water partition coefficient (Wildman–Crippen LogP) is 3.15. The topological polar surface area (TPSA) is 60.4 Å². The van der Waals surface area contributed by atoms with Gasteiger partial charge in [-0.1, -0.05) is 42.9 Å². The van der Waals surface area contributed by atoms with Crippen molar-refractivity contribution in [3.8, 4) is 0 Å². The number of esters is 1. The van der Waals surface area contributed by atoms with Gasteiger partial charge in [0.15, 0.2) is 5.94 Å². The normalized spacial score (nSPS) is 9.89. The fraction of sp³-hybridized carbons (Fsp3) is 0.417. The third-order valence-corrected chi connectivity index (χ3v) is 3.92. The molecular weight excluding hydrogens is 320 g/mol. The van der Waals surface area contributed by atoms with Crippen molar-refractivity contribution in [2.75, 3.05) is 5.94 Å². The second-order valence-corrected chi connectivity index (χ2v) is 5.64. The Kier molecular flexibility index (Phi) is 8.93. The molecule has 104 valence electrons. The first-order valence-corrected chi connectivity index (χ1v) is 7.24. The van der Waals surface area contributed by atoms with Gasteiger partial charge in [0.05, 0.1) is 4.90 Å². The van der Waals surface area contributed by atoms with E-state index in [0.29, 0.717) is 5.33 Å². The molecule has 0 unspecified atom stereocenters. The molecule has 0 saturated heterocycles. The molecule has 0 bridgehead atoms. The Morgan fingerprint density at radius 1 is 1.22 bits per heavy atom. The number of alkyl halides is 1. The van der Waals surface area contributed by atoms with Crippen LogP contribution in [-0.4, -0.2) is 20.3 Å². The molecule has 0 N–H and O–H groups in total. The molecule has 0 spiro atoms. The standard InChI is InChI=1S/C10H11BrO4S.2CH4/c1-8(12)15-7-16(13,14)10-4-2-9(6-11)3-5-10;;/h2-5H,6-7H2,1H3;2*1H4. The van der Waals surface area contributed by atoms with Gasteiger partial charge in [-0.05, 0) is 17.7 Å². The van der Waals surface area contributed by atoms with Gasteiger partial charge in [0.1, 0.15) is 0 Å². The summed E-state index contributed by atoms with van der Waals surface area (Å²) >= 11 is 3.26. The Labute approximate surface area is 117 Å². The summed E-state index contributed by atoms with van der Waals surface area (Å²) in [7, 11) is -3.54. The van der Waals surface area contributed by atoms with E-state index in [1.165, 1.54) is 19.1 Å². The maximum absolute atomic E-state index is 11.6. The van der Waals surface area contributed by atoms with E-state index in [0.717, 1.165) is 5.56 Å².